The van der Waals surface area contributed by atoms with E-state index in [2.05, 4.69) is 0 Å². The number of hydrogen-bond acceptors (Lipinski definition) is 3. The number of hydrogen-bond donors (Lipinski definition) is 3. The van der Waals surface area contributed by atoms with Crippen LogP contribution in [0.5, 0.6) is 0 Å². The molecule has 7 heteroatoms. The Hall–Kier alpha value is -1.07. The normalized spacial score (nSPS) is 8.68. The molecule has 115 valence electrons. The minimum absolute atomic E-state index is 0. The summed E-state index contributed by atoms with van der Waals surface area (Å²) < 4.78 is 0. The summed E-state index contributed by atoms with van der Waals surface area (Å²) in [5.74, 6) is -2.92. The second-order valence-electron chi connectivity index (χ2n) is 4.48. The first-order valence-corrected chi connectivity index (χ1v) is 5.61. The summed E-state index contributed by atoms with van der Waals surface area (Å²) in [6, 6.07) is 0. The van der Waals surface area contributed by atoms with Crippen molar-refractivity contribution in [1.82, 2.24) is 0 Å². The molecule has 3 N–H and O–H groups in total. The zero-order valence-corrected chi connectivity index (χ0v) is 13.4. The first-order chi connectivity index (χ1) is 7.93. The summed E-state index contributed by atoms with van der Waals surface area (Å²) >= 11 is 0. The predicted octanol–water partition coefficient (Wildman–Crippen LogP) is 2.18. The summed E-state index contributed by atoms with van der Waals surface area (Å²) in [5.41, 5.74) is 0. The van der Waals surface area contributed by atoms with Gasteiger partial charge in [0.15, 0.2) is 0 Å². The van der Waals surface area contributed by atoms with E-state index in [9.17, 15) is 14.4 Å². The van der Waals surface area contributed by atoms with Gasteiger partial charge in [-0.05, 0) is 0 Å². The number of rotatable bonds is 3. The van der Waals surface area contributed by atoms with Crippen LogP contribution in [0, 0.1) is 17.8 Å². The maximum Gasteiger partial charge on any atom is 0.305 e. The van der Waals surface area contributed by atoms with Crippen molar-refractivity contribution in [3.63, 3.8) is 0 Å². The van der Waals surface area contributed by atoms with Gasteiger partial charge in [0.25, 0.3) is 0 Å². The minimum Gasteiger partial charge on any atom is -0.481 e. The third-order valence-corrected chi connectivity index (χ3v) is 1.48. The van der Waals surface area contributed by atoms with Gasteiger partial charge in [-0.2, -0.15) is 0 Å². The van der Waals surface area contributed by atoms with Gasteiger partial charge >= 0.3 is 17.9 Å². The van der Waals surface area contributed by atoms with E-state index >= 15 is 0 Å². The van der Waals surface area contributed by atoms with Gasteiger partial charge in [0.05, 0.1) is 17.8 Å². The smallest absolute Gasteiger partial charge is 0.305 e. The van der Waals surface area contributed by atoms with Gasteiger partial charge in [-0.25, -0.2) is 0 Å². The van der Waals surface area contributed by atoms with E-state index in [1.165, 1.54) is 0 Å². The molecule has 0 saturated carbocycles. The molecule has 0 bridgehead atoms. The zero-order chi connectivity index (χ0) is 15.5. The molecule has 6 nitrogen and oxygen atoms in total. The van der Waals surface area contributed by atoms with E-state index in [4.69, 9.17) is 15.3 Å². The molecular weight excluding hydrogens is 295 g/mol. The van der Waals surface area contributed by atoms with Crippen molar-refractivity contribution in [2.45, 2.75) is 41.5 Å². The van der Waals surface area contributed by atoms with Gasteiger partial charge in [0.1, 0.15) is 0 Å². The van der Waals surface area contributed by atoms with Crippen molar-refractivity contribution in [3.05, 3.63) is 0 Å². The standard InChI is InChI=1S/3C4H8O2.Mn/c3*1-3(2)4(5)6;/h3*3H,1-2H3,(H,5,6);. The van der Waals surface area contributed by atoms with E-state index in [-0.39, 0.29) is 34.8 Å². The van der Waals surface area contributed by atoms with E-state index in [1.807, 2.05) is 0 Å². The first-order valence-electron chi connectivity index (χ1n) is 5.61. The van der Waals surface area contributed by atoms with E-state index in [1.54, 1.807) is 41.5 Å². The van der Waals surface area contributed by atoms with Gasteiger partial charge in [0.2, 0.25) is 0 Å². The van der Waals surface area contributed by atoms with Crippen LogP contribution in [-0.2, 0) is 31.5 Å². The number of carboxylic acid groups (broad SMARTS) is 3. The third-order valence-electron chi connectivity index (χ3n) is 1.48. The fraction of sp³-hybridized carbons (Fsp3) is 0.750. The van der Waals surface area contributed by atoms with Crippen LogP contribution in [0.25, 0.3) is 0 Å². The predicted molar refractivity (Wildman–Crippen MR) is 67.4 cm³/mol. The summed E-state index contributed by atoms with van der Waals surface area (Å²) in [7, 11) is 0. The molecule has 0 fully saturated rings. The molecule has 19 heavy (non-hydrogen) atoms. The van der Waals surface area contributed by atoms with Gasteiger partial charge in [-0.3, -0.25) is 14.4 Å². The molecule has 0 aromatic rings. The number of carboxylic acids is 3. The minimum atomic E-state index is -0.741. The topological polar surface area (TPSA) is 112 Å². The Labute approximate surface area is 124 Å². The largest absolute Gasteiger partial charge is 0.481 e. The summed E-state index contributed by atoms with van der Waals surface area (Å²) in [6.07, 6.45) is 0. The third kappa shape index (κ3) is 31.6. The Balaban J connectivity index is -0.0000000865. The van der Waals surface area contributed by atoms with Gasteiger partial charge in [0, 0.05) is 17.1 Å². The van der Waals surface area contributed by atoms with Gasteiger partial charge in [-0.15, -0.1) is 0 Å². The number of aliphatic carboxylic acids is 3. The molecule has 0 spiro atoms. The fourth-order valence-corrected chi connectivity index (χ4v) is 0. The molecule has 0 aromatic heterocycles. The zero-order valence-electron chi connectivity index (χ0n) is 12.2. The van der Waals surface area contributed by atoms with E-state index < -0.39 is 17.9 Å². The van der Waals surface area contributed by atoms with Crippen LogP contribution in [0.4, 0.5) is 0 Å². The van der Waals surface area contributed by atoms with Crippen LogP contribution < -0.4 is 0 Å². The molecule has 0 rings (SSSR count). The molecule has 0 heterocycles. The average Bonchev–Trinajstić information content (AvgIpc) is 2.18. The maximum atomic E-state index is 9.70. The van der Waals surface area contributed by atoms with Crippen LogP contribution in [0.1, 0.15) is 41.5 Å². The van der Waals surface area contributed by atoms with Crippen LogP contribution in [-0.4, -0.2) is 33.2 Å². The van der Waals surface area contributed by atoms with E-state index in [0.717, 1.165) is 0 Å². The molecule has 0 aliphatic heterocycles. The Morgan fingerprint density at radius 3 is 0.632 bits per heavy atom. The SMILES string of the molecule is CC(C)C(=O)O.CC(C)C(=O)O.CC(C)C(=O)O.[Mn]. The summed E-state index contributed by atoms with van der Waals surface area (Å²) in [6.45, 7) is 9.85. The Morgan fingerprint density at radius 1 is 0.579 bits per heavy atom. The molecule has 0 aliphatic rings. The molecule has 0 amide bonds. The van der Waals surface area contributed by atoms with Gasteiger partial charge in [-0.1, -0.05) is 41.5 Å². The number of carbonyl (C=O) groups is 3. The Morgan fingerprint density at radius 2 is 0.632 bits per heavy atom. The molecule has 0 saturated heterocycles. The van der Waals surface area contributed by atoms with Crippen molar-refractivity contribution < 1.29 is 46.8 Å². The van der Waals surface area contributed by atoms with Crippen LogP contribution in [0.3, 0.4) is 0 Å². The van der Waals surface area contributed by atoms with Crippen LogP contribution in [0.15, 0.2) is 0 Å². The van der Waals surface area contributed by atoms with Crippen molar-refractivity contribution in [2.75, 3.05) is 0 Å². The fourth-order valence-electron chi connectivity index (χ4n) is 0. The molecular formula is C12H24MnO6. The molecule has 0 unspecified atom stereocenters. The second-order valence-corrected chi connectivity index (χ2v) is 4.48. The average molecular weight is 319 g/mol. The molecule has 0 aromatic carbocycles. The van der Waals surface area contributed by atoms with Crippen LogP contribution in [0.2, 0.25) is 0 Å². The van der Waals surface area contributed by atoms with Crippen molar-refractivity contribution in [3.8, 4) is 0 Å². The second kappa shape index (κ2) is 15.0. The molecule has 1 radical (unpaired) electrons. The summed E-state index contributed by atoms with van der Waals surface area (Å²) in [5, 5.41) is 24.0. The maximum absolute atomic E-state index is 9.70. The van der Waals surface area contributed by atoms with Gasteiger partial charge < -0.3 is 15.3 Å². The monoisotopic (exact) mass is 319 g/mol. The Kier molecular flexibility index (Phi) is 20.9. The molecule has 0 aliphatic carbocycles. The van der Waals surface area contributed by atoms with Crippen molar-refractivity contribution in [1.29, 1.82) is 0 Å². The van der Waals surface area contributed by atoms with Crippen LogP contribution >= 0.6 is 0 Å². The van der Waals surface area contributed by atoms with Crippen molar-refractivity contribution in [2.24, 2.45) is 17.8 Å². The Bertz CT molecular complexity index is 218. The molecule has 0 atom stereocenters. The first kappa shape index (κ1) is 26.5. The summed E-state index contributed by atoms with van der Waals surface area (Å²) in [4.78, 5) is 29.1. The van der Waals surface area contributed by atoms with E-state index in [0.29, 0.717) is 0 Å². The van der Waals surface area contributed by atoms with Crippen molar-refractivity contribution >= 4 is 17.9 Å². The quantitative estimate of drug-likeness (QED) is 0.687.